The first kappa shape index (κ1) is 45.2. The number of nitrogens with two attached hydrogens (primary N) is 3. The molecule has 0 saturated carbocycles. The molecule has 57 heavy (non-hydrogen) atoms. The maximum atomic E-state index is 6.08. The SMILES string of the molecule is COc1cccc(C(CCN)c2cccc(Cl)c2)c1.COc1cccc(C(CCN)c2cccc(Cl)c2)c1.COc1cccc(C(CCN)c2cccc(Cl)c2)c1. The van der Waals surface area contributed by atoms with Crippen LogP contribution in [0.5, 0.6) is 17.2 Å². The smallest absolute Gasteiger partial charge is 0.119 e. The first-order valence-corrected chi connectivity index (χ1v) is 20.1. The Kier molecular flexibility index (Phi) is 19.2. The van der Waals surface area contributed by atoms with E-state index in [0.29, 0.717) is 19.6 Å². The van der Waals surface area contributed by atoms with Crippen molar-refractivity contribution in [2.45, 2.75) is 37.0 Å². The predicted molar refractivity (Wildman–Crippen MR) is 240 cm³/mol. The average molecular weight is 827 g/mol. The molecule has 0 aliphatic carbocycles. The molecule has 6 N–H and O–H groups in total. The van der Waals surface area contributed by atoms with E-state index >= 15 is 0 Å². The van der Waals surface area contributed by atoms with Gasteiger partial charge < -0.3 is 31.4 Å². The molecule has 6 nitrogen and oxygen atoms in total. The first-order chi connectivity index (χ1) is 27.7. The number of ether oxygens (including phenoxy) is 3. The van der Waals surface area contributed by atoms with Crippen LogP contribution in [0.3, 0.4) is 0 Å². The molecule has 6 aromatic carbocycles. The van der Waals surface area contributed by atoms with Crippen molar-refractivity contribution < 1.29 is 14.2 Å². The standard InChI is InChI=1S/3C16H18ClNO/c3*1-19-15-7-3-5-13(11-15)16(8-9-18)12-4-2-6-14(17)10-12/h3*2-7,10-11,16H,8-9,18H2,1H3. The molecule has 3 unspecified atom stereocenters. The maximum Gasteiger partial charge on any atom is 0.119 e. The quantitative estimate of drug-likeness (QED) is 0.0952. The summed E-state index contributed by atoms with van der Waals surface area (Å²) in [5, 5.41) is 2.26. The average Bonchev–Trinajstić information content (AvgIpc) is 3.24. The second-order valence-corrected chi connectivity index (χ2v) is 14.7. The molecule has 0 amide bonds. The second-order valence-electron chi connectivity index (χ2n) is 13.4. The lowest BCUT2D eigenvalue weighted by molar-refractivity contribution is 0.414. The lowest BCUT2D eigenvalue weighted by Gasteiger charge is -2.18. The Balaban J connectivity index is 0.000000189. The van der Waals surface area contributed by atoms with E-state index in [2.05, 4.69) is 54.6 Å². The van der Waals surface area contributed by atoms with E-state index < -0.39 is 0 Å². The largest absolute Gasteiger partial charge is 0.497 e. The van der Waals surface area contributed by atoms with E-state index in [1.165, 1.54) is 33.4 Å². The fourth-order valence-corrected chi connectivity index (χ4v) is 7.42. The molecule has 6 aromatic rings. The highest BCUT2D eigenvalue weighted by Crippen LogP contribution is 2.33. The van der Waals surface area contributed by atoms with Gasteiger partial charge in [-0.2, -0.15) is 0 Å². The minimum Gasteiger partial charge on any atom is -0.497 e. The molecule has 9 heteroatoms. The van der Waals surface area contributed by atoms with Gasteiger partial charge in [0.25, 0.3) is 0 Å². The summed E-state index contributed by atoms with van der Waals surface area (Å²) in [6.07, 6.45) is 2.65. The van der Waals surface area contributed by atoms with Crippen LogP contribution in [0.15, 0.2) is 146 Å². The fourth-order valence-electron chi connectivity index (χ4n) is 6.82. The van der Waals surface area contributed by atoms with E-state index in [1.54, 1.807) is 21.3 Å². The van der Waals surface area contributed by atoms with Gasteiger partial charge in [0, 0.05) is 32.8 Å². The molecule has 300 valence electrons. The van der Waals surface area contributed by atoms with Crippen molar-refractivity contribution in [1.82, 2.24) is 0 Å². The Morgan fingerprint density at radius 2 is 0.596 bits per heavy atom. The summed E-state index contributed by atoms with van der Waals surface area (Å²) in [7, 11) is 5.03. The highest BCUT2D eigenvalue weighted by Gasteiger charge is 2.17. The van der Waals surface area contributed by atoms with Crippen molar-refractivity contribution in [3.63, 3.8) is 0 Å². The first-order valence-electron chi connectivity index (χ1n) is 19.0. The molecule has 0 aliphatic rings. The van der Waals surface area contributed by atoms with Gasteiger partial charge in [-0.15, -0.1) is 0 Å². The van der Waals surface area contributed by atoms with Crippen LogP contribution in [-0.2, 0) is 0 Å². The van der Waals surface area contributed by atoms with Crippen LogP contribution >= 0.6 is 34.8 Å². The van der Waals surface area contributed by atoms with E-state index in [1.807, 2.05) is 91.0 Å². The minimum absolute atomic E-state index is 0.249. The number of rotatable bonds is 15. The molecule has 3 atom stereocenters. The van der Waals surface area contributed by atoms with Crippen LogP contribution in [0.25, 0.3) is 0 Å². The molecule has 0 heterocycles. The number of hydrogen-bond acceptors (Lipinski definition) is 6. The van der Waals surface area contributed by atoms with Crippen molar-refractivity contribution in [2.24, 2.45) is 17.2 Å². The van der Waals surface area contributed by atoms with Gasteiger partial charge in [-0.25, -0.2) is 0 Å². The van der Waals surface area contributed by atoms with Gasteiger partial charge >= 0.3 is 0 Å². The Hall–Kier alpha value is -4.53. The third-order valence-electron chi connectivity index (χ3n) is 9.61. The van der Waals surface area contributed by atoms with Gasteiger partial charge in [0.15, 0.2) is 0 Å². The van der Waals surface area contributed by atoms with E-state index in [0.717, 1.165) is 51.6 Å². The summed E-state index contributed by atoms with van der Waals surface area (Å²) in [6.45, 7) is 1.90. The molecule has 0 aromatic heterocycles. The van der Waals surface area contributed by atoms with Crippen LogP contribution < -0.4 is 31.4 Å². The monoisotopic (exact) mass is 825 g/mol. The van der Waals surface area contributed by atoms with Gasteiger partial charge in [0.1, 0.15) is 17.2 Å². The molecule has 0 saturated heterocycles. The lowest BCUT2D eigenvalue weighted by Crippen LogP contribution is -2.09. The fraction of sp³-hybridized carbons (Fsp3) is 0.250. The van der Waals surface area contributed by atoms with E-state index in [9.17, 15) is 0 Å². The number of methoxy groups -OCH3 is 3. The normalized spacial score (nSPS) is 12.2. The Morgan fingerprint density at radius 3 is 0.807 bits per heavy atom. The van der Waals surface area contributed by atoms with Gasteiger partial charge in [-0.1, -0.05) is 108 Å². The van der Waals surface area contributed by atoms with Gasteiger partial charge in [-0.3, -0.25) is 0 Å². The topological polar surface area (TPSA) is 106 Å². The maximum absolute atomic E-state index is 6.08. The summed E-state index contributed by atoms with van der Waals surface area (Å²) in [5.41, 5.74) is 24.4. The Morgan fingerprint density at radius 1 is 0.368 bits per heavy atom. The number of benzene rings is 6. The van der Waals surface area contributed by atoms with Gasteiger partial charge in [0.05, 0.1) is 21.3 Å². The van der Waals surface area contributed by atoms with Crippen molar-refractivity contribution in [2.75, 3.05) is 41.0 Å². The molecule has 0 bridgehead atoms. The zero-order valence-electron chi connectivity index (χ0n) is 32.9. The molecule has 0 fully saturated rings. The predicted octanol–water partition coefficient (Wildman–Crippen LogP) is 11.5. The summed E-state index contributed by atoms with van der Waals surface area (Å²) in [6, 6.07) is 48.2. The minimum atomic E-state index is 0.249. The van der Waals surface area contributed by atoms with Crippen LogP contribution in [0, 0.1) is 0 Å². The lowest BCUT2D eigenvalue weighted by atomic mass is 9.88. The van der Waals surface area contributed by atoms with Crippen LogP contribution in [0.2, 0.25) is 15.1 Å². The summed E-state index contributed by atoms with van der Waals surface area (Å²) in [5.74, 6) is 3.33. The van der Waals surface area contributed by atoms with Crippen molar-refractivity contribution in [1.29, 1.82) is 0 Å². The van der Waals surface area contributed by atoms with Crippen molar-refractivity contribution in [3.05, 3.63) is 194 Å². The third-order valence-corrected chi connectivity index (χ3v) is 10.3. The molecular formula is C48H54Cl3N3O3. The zero-order valence-corrected chi connectivity index (χ0v) is 35.2. The van der Waals surface area contributed by atoms with Crippen LogP contribution in [-0.4, -0.2) is 41.0 Å². The van der Waals surface area contributed by atoms with Crippen LogP contribution in [0.4, 0.5) is 0 Å². The summed E-state index contributed by atoms with van der Waals surface area (Å²) < 4.78 is 15.9. The molecular weight excluding hydrogens is 773 g/mol. The molecule has 0 spiro atoms. The van der Waals surface area contributed by atoms with Crippen molar-refractivity contribution in [3.8, 4) is 17.2 Å². The van der Waals surface area contributed by atoms with Crippen molar-refractivity contribution >= 4 is 34.8 Å². The molecule has 6 rings (SSSR count). The zero-order chi connectivity index (χ0) is 41.0. The summed E-state index contributed by atoms with van der Waals surface area (Å²) >= 11 is 18.2. The summed E-state index contributed by atoms with van der Waals surface area (Å²) in [4.78, 5) is 0. The molecule has 0 aliphatic heterocycles. The highest BCUT2D eigenvalue weighted by atomic mass is 35.5. The molecule has 0 radical (unpaired) electrons. The Labute approximate surface area is 353 Å². The Bertz CT molecular complexity index is 1860. The highest BCUT2D eigenvalue weighted by molar-refractivity contribution is 6.31. The number of halogens is 3. The van der Waals surface area contributed by atoms with Crippen LogP contribution in [0.1, 0.15) is 70.4 Å². The number of hydrogen-bond donors (Lipinski definition) is 3. The second kappa shape index (κ2) is 24.3. The third kappa shape index (κ3) is 14.1. The van der Waals surface area contributed by atoms with Gasteiger partial charge in [-0.05, 0) is 145 Å². The van der Waals surface area contributed by atoms with E-state index in [4.69, 9.17) is 66.2 Å². The van der Waals surface area contributed by atoms with E-state index in [-0.39, 0.29) is 17.8 Å². The van der Waals surface area contributed by atoms with Gasteiger partial charge in [0.2, 0.25) is 0 Å².